The van der Waals surface area contributed by atoms with Gasteiger partial charge in [-0.1, -0.05) is 44.2 Å². The van der Waals surface area contributed by atoms with Gasteiger partial charge in [0.1, 0.15) is 11.6 Å². The van der Waals surface area contributed by atoms with Crippen LogP contribution < -0.4 is 5.32 Å². The summed E-state index contributed by atoms with van der Waals surface area (Å²) < 4.78 is 0. The van der Waals surface area contributed by atoms with Gasteiger partial charge < -0.3 is 5.32 Å². The third kappa shape index (κ3) is 4.32. The standard InChI is InChI=1S/C20H28N4/c1-4-18-12-20(22-16(3)21-18)23-19-10-11-24(13-15(19)2)14-17-8-6-5-7-9-17/h5-9,12,15,19H,4,10-11,13-14H2,1-3H3,(H,21,22,23). The summed E-state index contributed by atoms with van der Waals surface area (Å²) in [5, 5.41) is 3.65. The topological polar surface area (TPSA) is 41.0 Å². The van der Waals surface area contributed by atoms with Crippen LogP contribution in [0, 0.1) is 12.8 Å². The summed E-state index contributed by atoms with van der Waals surface area (Å²) >= 11 is 0. The second-order valence-electron chi connectivity index (χ2n) is 6.88. The van der Waals surface area contributed by atoms with Crippen molar-refractivity contribution in [3.63, 3.8) is 0 Å². The van der Waals surface area contributed by atoms with E-state index in [0.717, 1.165) is 49.8 Å². The van der Waals surface area contributed by atoms with Gasteiger partial charge in [0.15, 0.2) is 0 Å². The van der Waals surface area contributed by atoms with Crippen LogP contribution in [0.3, 0.4) is 0 Å². The Morgan fingerprint density at radius 2 is 2.00 bits per heavy atom. The number of hydrogen-bond donors (Lipinski definition) is 1. The zero-order chi connectivity index (χ0) is 16.9. The molecule has 2 atom stereocenters. The first-order valence-electron chi connectivity index (χ1n) is 9.01. The molecule has 0 aliphatic carbocycles. The fourth-order valence-electron chi connectivity index (χ4n) is 3.51. The van der Waals surface area contributed by atoms with Crippen molar-refractivity contribution in [2.24, 2.45) is 5.92 Å². The molecule has 1 aliphatic rings. The highest BCUT2D eigenvalue weighted by molar-refractivity contribution is 5.37. The average molecular weight is 324 g/mol. The van der Waals surface area contributed by atoms with Gasteiger partial charge in [0.2, 0.25) is 0 Å². The predicted molar refractivity (Wildman–Crippen MR) is 99.1 cm³/mol. The average Bonchev–Trinajstić information content (AvgIpc) is 2.58. The van der Waals surface area contributed by atoms with E-state index < -0.39 is 0 Å². The van der Waals surface area contributed by atoms with Crippen molar-refractivity contribution in [3.8, 4) is 0 Å². The highest BCUT2D eigenvalue weighted by atomic mass is 15.2. The maximum absolute atomic E-state index is 4.56. The number of rotatable bonds is 5. The quantitative estimate of drug-likeness (QED) is 0.911. The number of benzene rings is 1. The fraction of sp³-hybridized carbons (Fsp3) is 0.500. The van der Waals surface area contributed by atoms with E-state index in [0.29, 0.717) is 12.0 Å². The first-order valence-corrected chi connectivity index (χ1v) is 9.01. The van der Waals surface area contributed by atoms with E-state index >= 15 is 0 Å². The van der Waals surface area contributed by atoms with Crippen LogP contribution in [0.15, 0.2) is 36.4 Å². The van der Waals surface area contributed by atoms with Crippen LogP contribution in [0.2, 0.25) is 0 Å². The summed E-state index contributed by atoms with van der Waals surface area (Å²) in [5.41, 5.74) is 2.51. The Bertz CT molecular complexity index is 656. The van der Waals surface area contributed by atoms with Crippen molar-refractivity contribution in [1.82, 2.24) is 14.9 Å². The Labute approximate surface area is 145 Å². The molecule has 2 unspecified atom stereocenters. The Kier molecular flexibility index (Phi) is 5.46. The van der Waals surface area contributed by atoms with E-state index in [1.54, 1.807) is 0 Å². The van der Waals surface area contributed by atoms with E-state index in [-0.39, 0.29) is 0 Å². The van der Waals surface area contributed by atoms with E-state index in [1.165, 1.54) is 5.56 Å². The molecular weight excluding hydrogens is 296 g/mol. The minimum Gasteiger partial charge on any atom is -0.367 e. The lowest BCUT2D eigenvalue weighted by molar-refractivity contribution is 0.164. The lowest BCUT2D eigenvalue weighted by atomic mass is 9.93. The Morgan fingerprint density at radius 1 is 1.21 bits per heavy atom. The van der Waals surface area contributed by atoms with Crippen molar-refractivity contribution < 1.29 is 0 Å². The molecule has 1 aromatic carbocycles. The zero-order valence-corrected chi connectivity index (χ0v) is 15.0. The molecule has 3 rings (SSSR count). The highest BCUT2D eigenvalue weighted by Gasteiger charge is 2.26. The number of likely N-dealkylation sites (tertiary alicyclic amines) is 1. The van der Waals surface area contributed by atoms with E-state index in [1.807, 2.05) is 6.92 Å². The van der Waals surface area contributed by atoms with Crippen molar-refractivity contribution in [2.75, 3.05) is 18.4 Å². The molecule has 0 bridgehead atoms. The predicted octanol–water partition coefficient (Wildman–Crippen LogP) is 3.67. The Morgan fingerprint density at radius 3 is 2.71 bits per heavy atom. The zero-order valence-electron chi connectivity index (χ0n) is 15.0. The Hall–Kier alpha value is -1.94. The largest absolute Gasteiger partial charge is 0.367 e. The lowest BCUT2D eigenvalue weighted by Crippen LogP contribution is -2.44. The van der Waals surface area contributed by atoms with E-state index in [2.05, 4.69) is 70.4 Å². The minimum atomic E-state index is 0.482. The van der Waals surface area contributed by atoms with Gasteiger partial charge in [0.05, 0.1) is 0 Å². The van der Waals surface area contributed by atoms with Crippen molar-refractivity contribution >= 4 is 5.82 Å². The molecule has 24 heavy (non-hydrogen) atoms. The number of aryl methyl sites for hydroxylation is 2. The summed E-state index contributed by atoms with van der Waals surface area (Å²) in [6.45, 7) is 9.74. The normalized spacial score (nSPS) is 21.6. The molecule has 4 heteroatoms. The van der Waals surface area contributed by atoms with Gasteiger partial charge in [-0.15, -0.1) is 0 Å². The van der Waals surface area contributed by atoms with Crippen LogP contribution in [0.5, 0.6) is 0 Å². The molecular formula is C20H28N4. The van der Waals surface area contributed by atoms with Gasteiger partial charge in [-0.05, 0) is 31.2 Å². The van der Waals surface area contributed by atoms with Gasteiger partial charge in [0, 0.05) is 37.4 Å². The lowest BCUT2D eigenvalue weighted by Gasteiger charge is -2.37. The molecule has 4 nitrogen and oxygen atoms in total. The number of nitrogens with zero attached hydrogens (tertiary/aromatic N) is 3. The van der Waals surface area contributed by atoms with Crippen LogP contribution in [0.25, 0.3) is 0 Å². The van der Waals surface area contributed by atoms with Gasteiger partial charge in [-0.2, -0.15) is 0 Å². The number of nitrogens with one attached hydrogen (secondary N) is 1. The monoisotopic (exact) mass is 324 g/mol. The van der Waals surface area contributed by atoms with Gasteiger partial charge in [0.25, 0.3) is 0 Å². The molecule has 2 heterocycles. The third-order valence-corrected chi connectivity index (χ3v) is 4.82. The third-order valence-electron chi connectivity index (χ3n) is 4.82. The minimum absolute atomic E-state index is 0.482. The summed E-state index contributed by atoms with van der Waals surface area (Å²) in [6, 6.07) is 13.3. The first kappa shape index (κ1) is 16.9. The number of anilines is 1. The van der Waals surface area contributed by atoms with Crippen LogP contribution in [0.1, 0.15) is 37.4 Å². The molecule has 128 valence electrons. The van der Waals surface area contributed by atoms with Gasteiger partial charge >= 0.3 is 0 Å². The summed E-state index contributed by atoms with van der Waals surface area (Å²) in [6.07, 6.45) is 2.10. The molecule has 0 radical (unpaired) electrons. The maximum Gasteiger partial charge on any atom is 0.130 e. The second-order valence-corrected chi connectivity index (χ2v) is 6.88. The van der Waals surface area contributed by atoms with E-state index in [9.17, 15) is 0 Å². The summed E-state index contributed by atoms with van der Waals surface area (Å²) in [4.78, 5) is 11.6. The van der Waals surface area contributed by atoms with Crippen molar-refractivity contribution in [3.05, 3.63) is 53.5 Å². The number of hydrogen-bond acceptors (Lipinski definition) is 4. The molecule has 1 aromatic heterocycles. The summed E-state index contributed by atoms with van der Waals surface area (Å²) in [5.74, 6) is 2.43. The molecule has 0 spiro atoms. The molecule has 1 fully saturated rings. The molecule has 1 aliphatic heterocycles. The summed E-state index contributed by atoms with van der Waals surface area (Å²) in [7, 11) is 0. The van der Waals surface area contributed by atoms with Crippen LogP contribution >= 0.6 is 0 Å². The highest BCUT2D eigenvalue weighted by Crippen LogP contribution is 2.22. The second kappa shape index (κ2) is 7.75. The fourth-order valence-corrected chi connectivity index (χ4v) is 3.51. The molecule has 1 N–H and O–H groups in total. The number of aromatic nitrogens is 2. The SMILES string of the molecule is CCc1cc(NC2CCN(Cc3ccccc3)CC2C)nc(C)n1. The molecule has 0 saturated carbocycles. The number of piperidine rings is 1. The Balaban J connectivity index is 1.59. The van der Waals surface area contributed by atoms with Gasteiger partial charge in [-0.25, -0.2) is 9.97 Å². The first-order chi connectivity index (χ1) is 11.6. The van der Waals surface area contributed by atoms with Crippen LogP contribution in [0.4, 0.5) is 5.82 Å². The van der Waals surface area contributed by atoms with Crippen molar-refractivity contribution in [1.29, 1.82) is 0 Å². The molecule has 2 aromatic rings. The van der Waals surface area contributed by atoms with Crippen molar-refractivity contribution in [2.45, 2.75) is 46.2 Å². The molecule has 0 amide bonds. The van der Waals surface area contributed by atoms with Crippen LogP contribution in [-0.4, -0.2) is 34.0 Å². The van der Waals surface area contributed by atoms with Gasteiger partial charge in [-0.3, -0.25) is 4.90 Å². The van der Waals surface area contributed by atoms with E-state index in [4.69, 9.17) is 0 Å². The molecule has 1 saturated heterocycles. The smallest absolute Gasteiger partial charge is 0.130 e. The van der Waals surface area contributed by atoms with Crippen LogP contribution in [-0.2, 0) is 13.0 Å². The maximum atomic E-state index is 4.56.